The van der Waals surface area contributed by atoms with E-state index >= 15 is 0 Å². The van der Waals surface area contributed by atoms with E-state index in [4.69, 9.17) is 5.73 Å². The molecule has 0 bridgehead atoms. The number of benzene rings is 2. The highest BCUT2D eigenvalue weighted by molar-refractivity contribution is 5.98. The van der Waals surface area contributed by atoms with Crippen LogP contribution in [0.4, 0.5) is 11.8 Å². The number of nitrogens with zero attached hydrogens (tertiary/aromatic N) is 3. The molecule has 1 fully saturated rings. The number of nitrogens with two attached hydrogens (primary N) is 1. The molecule has 0 atom stereocenters. The lowest BCUT2D eigenvalue weighted by atomic mass is 9.90. The minimum atomic E-state index is -0.260. The first kappa shape index (κ1) is 19.9. The van der Waals surface area contributed by atoms with E-state index in [1.807, 2.05) is 30.3 Å². The van der Waals surface area contributed by atoms with Crippen molar-refractivity contribution in [3.8, 4) is 0 Å². The molecule has 0 aliphatic carbocycles. The number of carbonyl (C=O) groups excluding carboxylic acids is 1. The van der Waals surface area contributed by atoms with E-state index in [2.05, 4.69) is 50.5 Å². The van der Waals surface area contributed by atoms with Crippen LogP contribution in [0.15, 0.2) is 66.9 Å². The number of nitrogens with one attached hydrogen (secondary N) is 1. The Kier molecular flexibility index (Phi) is 6.23. The van der Waals surface area contributed by atoms with Gasteiger partial charge in [-0.15, -0.1) is 0 Å². The third kappa shape index (κ3) is 4.95. The maximum Gasteiger partial charge on any atom is 0.256 e. The first-order valence-corrected chi connectivity index (χ1v) is 10.4. The summed E-state index contributed by atoms with van der Waals surface area (Å²) in [4.78, 5) is 23.5. The Labute approximate surface area is 177 Å². The zero-order valence-electron chi connectivity index (χ0n) is 17.0. The van der Waals surface area contributed by atoms with E-state index in [0.717, 1.165) is 37.9 Å². The normalized spacial score (nSPS) is 14.5. The molecule has 1 amide bonds. The Morgan fingerprint density at radius 1 is 1.00 bits per heavy atom. The molecule has 6 heteroatoms. The lowest BCUT2D eigenvalue weighted by Gasteiger charge is -2.32. The number of piperidine rings is 1. The smallest absolute Gasteiger partial charge is 0.256 e. The van der Waals surface area contributed by atoms with Crippen molar-refractivity contribution in [3.05, 3.63) is 83.6 Å². The van der Waals surface area contributed by atoms with Gasteiger partial charge < -0.3 is 16.0 Å². The number of rotatable bonds is 6. The van der Waals surface area contributed by atoms with Crippen molar-refractivity contribution in [3.63, 3.8) is 0 Å². The molecular weight excluding hydrogens is 374 g/mol. The van der Waals surface area contributed by atoms with Crippen molar-refractivity contribution in [2.75, 3.05) is 23.7 Å². The van der Waals surface area contributed by atoms with Crippen LogP contribution in [-0.4, -0.2) is 29.0 Å². The quantitative estimate of drug-likeness (QED) is 0.661. The Hall–Kier alpha value is -3.41. The van der Waals surface area contributed by atoms with Gasteiger partial charge in [0.05, 0.1) is 5.56 Å². The fraction of sp³-hybridized carbons (Fsp3) is 0.292. The molecule has 0 radical (unpaired) electrons. The summed E-state index contributed by atoms with van der Waals surface area (Å²) in [5.74, 6) is 1.23. The number of aromatic nitrogens is 2. The van der Waals surface area contributed by atoms with Gasteiger partial charge in [-0.2, -0.15) is 4.98 Å². The highest BCUT2D eigenvalue weighted by Gasteiger charge is 2.22. The van der Waals surface area contributed by atoms with Crippen LogP contribution in [0.5, 0.6) is 0 Å². The van der Waals surface area contributed by atoms with Crippen LogP contribution in [0.25, 0.3) is 0 Å². The number of amides is 1. The lowest BCUT2D eigenvalue weighted by Crippen LogP contribution is -2.36. The Balaban J connectivity index is 1.32. The summed E-state index contributed by atoms with van der Waals surface area (Å²) in [6.45, 7) is 2.24. The standard InChI is InChI=1S/C24H27N5O/c25-22-21(23(30)26-16-20-9-5-2-6-10-20)17-27-24(28-22)29-13-11-19(12-14-29)15-18-7-3-1-4-8-18/h1-10,17,19H,11-16H2,(H,26,30)(H2,25,27,28). The van der Waals surface area contributed by atoms with Crippen molar-refractivity contribution < 1.29 is 4.79 Å². The van der Waals surface area contributed by atoms with E-state index in [1.165, 1.54) is 11.8 Å². The Morgan fingerprint density at radius 2 is 1.63 bits per heavy atom. The van der Waals surface area contributed by atoms with Crippen LogP contribution >= 0.6 is 0 Å². The van der Waals surface area contributed by atoms with Gasteiger partial charge in [-0.25, -0.2) is 4.98 Å². The fourth-order valence-corrected chi connectivity index (χ4v) is 3.87. The van der Waals surface area contributed by atoms with Gasteiger partial charge in [-0.05, 0) is 36.3 Å². The molecule has 1 aliphatic heterocycles. The molecule has 1 aliphatic rings. The van der Waals surface area contributed by atoms with Crippen molar-refractivity contribution in [2.24, 2.45) is 5.92 Å². The van der Waals surface area contributed by atoms with Crippen molar-refractivity contribution in [1.29, 1.82) is 0 Å². The molecule has 154 valence electrons. The maximum atomic E-state index is 12.5. The number of anilines is 2. The summed E-state index contributed by atoms with van der Waals surface area (Å²) < 4.78 is 0. The van der Waals surface area contributed by atoms with E-state index in [0.29, 0.717) is 24.0 Å². The van der Waals surface area contributed by atoms with Gasteiger partial charge in [0.1, 0.15) is 5.82 Å². The van der Waals surface area contributed by atoms with Crippen LogP contribution in [0.1, 0.15) is 34.3 Å². The number of carbonyl (C=O) groups is 1. The lowest BCUT2D eigenvalue weighted by molar-refractivity contribution is 0.0951. The average molecular weight is 402 g/mol. The van der Waals surface area contributed by atoms with Crippen molar-refractivity contribution >= 4 is 17.7 Å². The predicted octanol–water partition coefficient (Wildman–Crippen LogP) is 3.45. The van der Waals surface area contributed by atoms with Gasteiger partial charge in [0.25, 0.3) is 5.91 Å². The number of hydrogen-bond acceptors (Lipinski definition) is 5. The Morgan fingerprint density at radius 3 is 2.27 bits per heavy atom. The molecule has 0 spiro atoms. The zero-order chi connectivity index (χ0) is 20.8. The fourth-order valence-electron chi connectivity index (χ4n) is 3.87. The largest absolute Gasteiger partial charge is 0.383 e. The third-order valence-electron chi connectivity index (χ3n) is 5.61. The SMILES string of the molecule is Nc1nc(N2CCC(Cc3ccccc3)CC2)ncc1C(=O)NCc1ccccc1. The molecule has 4 rings (SSSR count). The molecule has 1 aromatic heterocycles. The summed E-state index contributed by atoms with van der Waals surface area (Å²) in [6.07, 6.45) is 4.83. The van der Waals surface area contributed by atoms with Crippen LogP contribution in [0.3, 0.4) is 0 Å². The molecule has 2 aromatic carbocycles. The second-order valence-electron chi connectivity index (χ2n) is 7.76. The monoisotopic (exact) mass is 401 g/mol. The first-order valence-electron chi connectivity index (χ1n) is 10.4. The van der Waals surface area contributed by atoms with Crippen LogP contribution in [0, 0.1) is 5.92 Å². The highest BCUT2D eigenvalue weighted by Crippen LogP contribution is 2.24. The van der Waals surface area contributed by atoms with E-state index in [-0.39, 0.29) is 11.7 Å². The summed E-state index contributed by atoms with van der Waals surface area (Å²) in [7, 11) is 0. The molecule has 6 nitrogen and oxygen atoms in total. The van der Waals surface area contributed by atoms with E-state index < -0.39 is 0 Å². The van der Waals surface area contributed by atoms with Gasteiger partial charge in [0.15, 0.2) is 0 Å². The molecule has 2 heterocycles. The van der Waals surface area contributed by atoms with Crippen LogP contribution in [0.2, 0.25) is 0 Å². The highest BCUT2D eigenvalue weighted by atomic mass is 16.1. The Bertz CT molecular complexity index is 969. The minimum absolute atomic E-state index is 0.219. The molecule has 3 N–H and O–H groups in total. The zero-order valence-corrected chi connectivity index (χ0v) is 17.0. The number of hydrogen-bond donors (Lipinski definition) is 2. The molecule has 1 saturated heterocycles. The van der Waals surface area contributed by atoms with Crippen LogP contribution < -0.4 is 16.0 Å². The van der Waals surface area contributed by atoms with E-state index in [1.54, 1.807) is 0 Å². The van der Waals surface area contributed by atoms with Crippen LogP contribution in [-0.2, 0) is 13.0 Å². The first-order chi connectivity index (χ1) is 14.7. The summed E-state index contributed by atoms with van der Waals surface area (Å²) in [5, 5.41) is 2.87. The van der Waals surface area contributed by atoms with Crippen molar-refractivity contribution in [1.82, 2.24) is 15.3 Å². The van der Waals surface area contributed by atoms with Gasteiger partial charge in [-0.3, -0.25) is 4.79 Å². The van der Waals surface area contributed by atoms with Crippen molar-refractivity contribution in [2.45, 2.75) is 25.8 Å². The summed E-state index contributed by atoms with van der Waals surface area (Å²) in [5.41, 5.74) is 8.82. The van der Waals surface area contributed by atoms with Gasteiger partial charge in [0.2, 0.25) is 5.95 Å². The number of nitrogen functional groups attached to an aromatic ring is 1. The average Bonchev–Trinajstić information content (AvgIpc) is 2.79. The molecular formula is C24H27N5O. The summed E-state index contributed by atoms with van der Waals surface area (Å²) in [6, 6.07) is 20.4. The van der Waals surface area contributed by atoms with Gasteiger partial charge >= 0.3 is 0 Å². The van der Waals surface area contributed by atoms with Gasteiger partial charge in [0, 0.05) is 25.8 Å². The maximum absolute atomic E-state index is 12.5. The second-order valence-corrected chi connectivity index (χ2v) is 7.76. The predicted molar refractivity (Wildman–Crippen MR) is 119 cm³/mol. The third-order valence-corrected chi connectivity index (χ3v) is 5.61. The molecule has 3 aromatic rings. The molecule has 0 unspecified atom stereocenters. The second kappa shape index (κ2) is 9.39. The van der Waals surface area contributed by atoms with E-state index in [9.17, 15) is 4.79 Å². The topological polar surface area (TPSA) is 84.1 Å². The minimum Gasteiger partial charge on any atom is -0.383 e. The summed E-state index contributed by atoms with van der Waals surface area (Å²) >= 11 is 0. The molecule has 30 heavy (non-hydrogen) atoms. The van der Waals surface area contributed by atoms with Gasteiger partial charge in [-0.1, -0.05) is 60.7 Å². The molecule has 0 saturated carbocycles.